The molecule has 0 N–H and O–H groups in total. The van der Waals surface area contributed by atoms with Crippen LogP contribution in [0.3, 0.4) is 0 Å². The lowest BCUT2D eigenvalue weighted by molar-refractivity contribution is -0.110. The van der Waals surface area contributed by atoms with E-state index in [0.29, 0.717) is 18.9 Å². The molecule has 0 amide bonds. The molecular formula is C32H61BrO6Si2. The van der Waals surface area contributed by atoms with E-state index in [1.165, 1.54) is 0 Å². The zero-order valence-corrected chi connectivity index (χ0v) is 31.8. The van der Waals surface area contributed by atoms with Crippen molar-refractivity contribution >= 4 is 38.9 Å². The van der Waals surface area contributed by atoms with E-state index in [9.17, 15) is 4.79 Å². The highest BCUT2D eigenvalue weighted by atomic mass is 79.9. The number of carbonyl (C=O) groups excluding carboxylic acids is 1. The lowest BCUT2D eigenvalue weighted by Crippen LogP contribution is -2.49. The number of halogens is 1. The zero-order valence-electron chi connectivity index (χ0n) is 28.2. The molecule has 2 rings (SSSR count). The van der Waals surface area contributed by atoms with Gasteiger partial charge in [0.15, 0.2) is 16.6 Å². The molecule has 2 aliphatic rings. The molecule has 0 spiro atoms. The van der Waals surface area contributed by atoms with Crippen LogP contribution in [0.4, 0.5) is 0 Å². The fraction of sp³-hybridized carbons (Fsp3) is 0.906. The zero-order chi connectivity index (χ0) is 31.4. The SMILES string of the molecule is C=C1[C@H](C)C[C@H](CCC=O)O[C@@H]1C[C@@H]1O[C@H](C[C@@H](CO[Si](C)(C)C(C)(C)C)O[Si](C)(C)C(C)(C)C)[C@H](OC)[C@H]1CBr. The van der Waals surface area contributed by atoms with E-state index >= 15 is 0 Å². The van der Waals surface area contributed by atoms with Crippen LogP contribution in [-0.4, -0.2) is 78.6 Å². The van der Waals surface area contributed by atoms with E-state index in [-0.39, 0.29) is 52.6 Å². The van der Waals surface area contributed by atoms with Gasteiger partial charge in [0.2, 0.25) is 0 Å². The number of hydrogen-bond acceptors (Lipinski definition) is 6. The molecule has 9 heteroatoms. The van der Waals surface area contributed by atoms with Gasteiger partial charge in [-0.1, -0.05) is 71.0 Å². The molecular weight excluding hydrogens is 616 g/mol. The Hall–Kier alpha value is 0.124. The highest BCUT2D eigenvalue weighted by Gasteiger charge is 2.48. The van der Waals surface area contributed by atoms with Gasteiger partial charge in [-0.25, -0.2) is 0 Å². The number of hydrogen-bond donors (Lipinski definition) is 0. The largest absolute Gasteiger partial charge is 0.414 e. The van der Waals surface area contributed by atoms with Crippen LogP contribution in [-0.2, 0) is 27.9 Å². The first-order valence-corrected chi connectivity index (χ1v) is 22.6. The van der Waals surface area contributed by atoms with E-state index in [0.717, 1.165) is 42.9 Å². The Morgan fingerprint density at radius 1 is 1.05 bits per heavy atom. The van der Waals surface area contributed by atoms with E-state index < -0.39 is 16.6 Å². The molecule has 0 aromatic carbocycles. The Kier molecular flexibility index (Phi) is 13.6. The molecule has 0 saturated carbocycles. The van der Waals surface area contributed by atoms with Crippen LogP contribution in [0.1, 0.15) is 80.6 Å². The third-order valence-electron chi connectivity index (χ3n) is 10.3. The maximum Gasteiger partial charge on any atom is 0.192 e. The van der Waals surface area contributed by atoms with Crippen molar-refractivity contribution in [2.45, 2.75) is 153 Å². The Morgan fingerprint density at radius 3 is 2.17 bits per heavy atom. The van der Waals surface area contributed by atoms with Crippen LogP contribution in [0.25, 0.3) is 0 Å². The first kappa shape index (κ1) is 37.3. The predicted octanol–water partition coefficient (Wildman–Crippen LogP) is 8.30. The van der Waals surface area contributed by atoms with E-state index in [1.807, 2.05) is 0 Å². The number of carbonyl (C=O) groups is 1. The molecule has 0 aromatic rings. The molecule has 0 bridgehead atoms. The van der Waals surface area contributed by atoms with Crippen molar-refractivity contribution in [2.75, 3.05) is 19.0 Å². The van der Waals surface area contributed by atoms with Crippen LogP contribution in [0.15, 0.2) is 12.2 Å². The molecule has 0 radical (unpaired) electrons. The molecule has 0 aliphatic carbocycles. The van der Waals surface area contributed by atoms with Crippen molar-refractivity contribution in [1.82, 2.24) is 0 Å². The first-order chi connectivity index (χ1) is 18.8. The molecule has 0 unspecified atom stereocenters. The number of alkyl halides is 1. The third-order valence-corrected chi connectivity index (χ3v) is 20.1. The molecule has 2 fully saturated rings. The lowest BCUT2D eigenvalue weighted by Gasteiger charge is -2.42. The molecule has 6 nitrogen and oxygen atoms in total. The average molecular weight is 678 g/mol. The Bertz CT molecular complexity index is 852. The highest BCUT2D eigenvalue weighted by Crippen LogP contribution is 2.43. The maximum atomic E-state index is 11.0. The molecule has 2 saturated heterocycles. The Balaban J connectivity index is 2.26. The quantitative estimate of drug-likeness (QED) is 0.0798. The average Bonchev–Trinajstić information content (AvgIpc) is 3.18. The second-order valence-electron chi connectivity index (χ2n) is 15.5. The summed E-state index contributed by atoms with van der Waals surface area (Å²) in [5.41, 5.74) is 1.13. The fourth-order valence-corrected chi connectivity index (χ4v) is 8.61. The van der Waals surface area contributed by atoms with Crippen molar-refractivity contribution in [1.29, 1.82) is 0 Å². The maximum absolute atomic E-state index is 11.0. The minimum atomic E-state index is -2.05. The van der Waals surface area contributed by atoms with Crippen LogP contribution in [0.2, 0.25) is 36.3 Å². The van der Waals surface area contributed by atoms with Gasteiger partial charge in [0.25, 0.3) is 0 Å². The predicted molar refractivity (Wildman–Crippen MR) is 178 cm³/mol. The van der Waals surface area contributed by atoms with Gasteiger partial charge in [-0.15, -0.1) is 0 Å². The van der Waals surface area contributed by atoms with Gasteiger partial charge in [0, 0.05) is 37.6 Å². The van der Waals surface area contributed by atoms with Gasteiger partial charge in [-0.2, -0.15) is 0 Å². The van der Waals surface area contributed by atoms with Gasteiger partial charge in [0.05, 0.1) is 43.2 Å². The van der Waals surface area contributed by atoms with Gasteiger partial charge in [-0.3, -0.25) is 0 Å². The number of aldehydes is 1. The van der Waals surface area contributed by atoms with E-state index in [2.05, 4.69) is 97.2 Å². The molecule has 2 aliphatic heterocycles. The molecule has 41 heavy (non-hydrogen) atoms. The summed E-state index contributed by atoms with van der Waals surface area (Å²) in [4.78, 5) is 11.0. The van der Waals surface area contributed by atoms with Gasteiger partial charge in [-0.05, 0) is 60.6 Å². The second-order valence-corrected chi connectivity index (χ2v) is 25.7. The Morgan fingerprint density at radius 2 is 1.66 bits per heavy atom. The van der Waals surface area contributed by atoms with Gasteiger partial charge < -0.3 is 27.9 Å². The van der Waals surface area contributed by atoms with E-state index in [4.69, 9.17) is 23.1 Å². The van der Waals surface area contributed by atoms with Crippen LogP contribution in [0.5, 0.6) is 0 Å². The topological polar surface area (TPSA) is 63.2 Å². The first-order valence-electron chi connectivity index (χ1n) is 15.6. The lowest BCUT2D eigenvalue weighted by atomic mass is 9.84. The monoisotopic (exact) mass is 676 g/mol. The van der Waals surface area contributed by atoms with Crippen LogP contribution >= 0.6 is 15.9 Å². The third kappa shape index (κ3) is 9.80. The minimum absolute atomic E-state index is 0.0297. The Labute approximate surface area is 262 Å². The van der Waals surface area contributed by atoms with Gasteiger partial charge >= 0.3 is 0 Å². The molecule has 2 heterocycles. The summed E-state index contributed by atoms with van der Waals surface area (Å²) in [6, 6.07) is 0. The number of ether oxygens (including phenoxy) is 3. The smallest absolute Gasteiger partial charge is 0.192 e. The van der Waals surface area contributed by atoms with Crippen molar-refractivity contribution in [2.24, 2.45) is 11.8 Å². The second kappa shape index (κ2) is 14.9. The van der Waals surface area contributed by atoms with Crippen molar-refractivity contribution in [3.05, 3.63) is 12.2 Å². The number of rotatable bonds is 14. The standard InChI is InChI=1S/C32H61BrO6Si2/c1-22-17-24(15-14-16-34)37-27(23(22)2)19-28-26(20-33)30(35-9)29(38-28)18-25(39-41(12,13)32(6,7)8)21-36-40(10,11)31(3,4)5/h16,22,24-30H,2,14-15,17-21H2,1,3-13H3/t22-,24+,25+,26+,27-,28+,29-,30-/m1/s1. The highest BCUT2D eigenvalue weighted by molar-refractivity contribution is 9.09. The fourth-order valence-electron chi connectivity index (χ4n) is 5.44. The van der Waals surface area contributed by atoms with Crippen LogP contribution < -0.4 is 0 Å². The van der Waals surface area contributed by atoms with Crippen molar-refractivity contribution in [3.8, 4) is 0 Å². The van der Waals surface area contributed by atoms with Crippen molar-refractivity contribution < 1.29 is 27.9 Å². The summed E-state index contributed by atoms with van der Waals surface area (Å²) in [6.07, 6.45) is 4.39. The molecule has 8 atom stereocenters. The summed E-state index contributed by atoms with van der Waals surface area (Å²) < 4.78 is 33.2. The summed E-state index contributed by atoms with van der Waals surface area (Å²) in [5.74, 6) is 0.542. The normalized spacial score (nSPS) is 31.0. The summed E-state index contributed by atoms with van der Waals surface area (Å²) in [5, 5.41) is 1.00. The van der Waals surface area contributed by atoms with Gasteiger partial charge in [0.1, 0.15) is 6.29 Å². The van der Waals surface area contributed by atoms with Crippen LogP contribution in [0, 0.1) is 11.8 Å². The van der Waals surface area contributed by atoms with Crippen molar-refractivity contribution in [3.63, 3.8) is 0 Å². The summed E-state index contributed by atoms with van der Waals surface area (Å²) >= 11 is 3.78. The number of methoxy groups -OCH3 is 1. The minimum Gasteiger partial charge on any atom is -0.414 e. The summed E-state index contributed by atoms with van der Waals surface area (Å²) in [7, 11) is -2.22. The van der Waals surface area contributed by atoms with E-state index in [1.54, 1.807) is 7.11 Å². The molecule has 240 valence electrons. The molecule has 0 aromatic heterocycles. The summed E-state index contributed by atoms with van der Waals surface area (Å²) in [6.45, 7) is 30.1.